The van der Waals surface area contributed by atoms with Crippen LogP contribution in [0.5, 0.6) is 0 Å². The van der Waals surface area contributed by atoms with Gasteiger partial charge in [0.15, 0.2) is 0 Å². The fraction of sp³-hybridized carbons (Fsp3) is 0.500. The number of carbonyl (C=O) groups excluding carboxylic acids is 2. The van der Waals surface area contributed by atoms with Gasteiger partial charge in [-0.25, -0.2) is 4.39 Å². The minimum absolute atomic E-state index is 0.0346. The first-order chi connectivity index (χ1) is 12.0. The lowest BCUT2D eigenvalue weighted by Crippen LogP contribution is -2.51. The molecule has 1 heterocycles. The molecule has 1 aromatic rings. The van der Waals surface area contributed by atoms with Crippen LogP contribution in [0.1, 0.15) is 38.2 Å². The third-order valence-electron chi connectivity index (χ3n) is 4.66. The smallest absolute Gasteiger partial charge is 0.314 e. The quantitative estimate of drug-likeness (QED) is 0.560. The molecule has 2 rings (SSSR count). The highest BCUT2D eigenvalue weighted by Crippen LogP contribution is 2.35. The van der Waals surface area contributed by atoms with Gasteiger partial charge in [-0.1, -0.05) is 18.2 Å². The second-order valence-electron chi connectivity index (χ2n) is 6.55. The molecule has 1 aliphatic heterocycles. The molecule has 1 atom stereocenters. The second kappa shape index (κ2) is 8.79. The molecule has 1 fully saturated rings. The number of piperidine rings is 1. The van der Waals surface area contributed by atoms with E-state index < -0.39 is 5.41 Å². The molecule has 1 aromatic carbocycles. The molecule has 1 saturated heterocycles. The van der Waals surface area contributed by atoms with Crippen LogP contribution in [0.3, 0.4) is 0 Å². The van der Waals surface area contributed by atoms with Gasteiger partial charge in [0.05, 0.1) is 12.0 Å². The first-order valence-corrected chi connectivity index (χ1v) is 8.81. The highest BCUT2D eigenvalue weighted by molar-refractivity contribution is 5.81. The van der Waals surface area contributed by atoms with E-state index in [0.29, 0.717) is 45.4 Å². The Kier molecular flexibility index (Phi) is 6.73. The van der Waals surface area contributed by atoms with Gasteiger partial charge in [0.1, 0.15) is 5.82 Å². The zero-order chi connectivity index (χ0) is 18.3. The SMILES string of the molecule is C=CCCC(=O)N1CCCC(Cc2ccc(F)cc2)(C(=O)OCC)C1. The Bertz CT molecular complexity index is 614. The van der Waals surface area contributed by atoms with E-state index in [1.807, 2.05) is 0 Å². The molecular formula is C20H26FNO3. The lowest BCUT2D eigenvalue weighted by atomic mass is 9.75. The van der Waals surface area contributed by atoms with Gasteiger partial charge in [-0.3, -0.25) is 9.59 Å². The van der Waals surface area contributed by atoms with Crippen LogP contribution in [0.2, 0.25) is 0 Å². The topological polar surface area (TPSA) is 46.6 Å². The van der Waals surface area contributed by atoms with E-state index in [1.54, 1.807) is 30.0 Å². The van der Waals surface area contributed by atoms with Crippen molar-refractivity contribution >= 4 is 11.9 Å². The van der Waals surface area contributed by atoms with Crippen LogP contribution >= 0.6 is 0 Å². The van der Waals surface area contributed by atoms with Crippen molar-refractivity contribution in [2.75, 3.05) is 19.7 Å². The van der Waals surface area contributed by atoms with E-state index in [1.165, 1.54) is 12.1 Å². The predicted molar refractivity (Wildman–Crippen MR) is 94.4 cm³/mol. The molecule has 0 N–H and O–H groups in total. The summed E-state index contributed by atoms with van der Waals surface area (Å²) in [5, 5.41) is 0. The van der Waals surface area contributed by atoms with Crippen LogP contribution in [0.25, 0.3) is 0 Å². The van der Waals surface area contributed by atoms with Gasteiger partial charge in [0.25, 0.3) is 0 Å². The summed E-state index contributed by atoms with van der Waals surface area (Å²) in [6.45, 7) is 6.72. The lowest BCUT2D eigenvalue weighted by Gasteiger charge is -2.41. The van der Waals surface area contributed by atoms with Gasteiger partial charge < -0.3 is 9.64 Å². The van der Waals surface area contributed by atoms with E-state index in [9.17, 15) is 14.0 Å². The van der Waals surface area contributed by atoms with Crippen molar-refractivity contribution < 1.29 is 18.7 Å². The molecule has 0 saturated carbocycles. The van der Waals surface area contributed by atoms with Crippen LogP contribution in [-0.4, -0.2) is 36.5 Å². The Morgan fingerprint density at radius 1 is 1.36 bits per heavy atom. The van der Waals surface area contributed by atoms with Gasteiger partial charge in [-0.2, -0.15) is 0 Å². The van der Waals surface area contributed by atoms with E-state index >= 15 is 0 Å². The molecule has 136 valence electrons. The number of allylic oxidation sites excluding steroid dienone is 1. The molecular weight excluding hydrogens is 321 g/mol. The maximum atomic E-state index is 13.2. The first-order valence-electron chi connectivity index (χ1n) is 8.81. The summed E-state index contributed by atoms with van der Waals surface area (Å²) < 4.78 is 18.5. The Labute approximate surface area is 148 Å². The number of halogens is 1. The molecule has 5 heteroatoms. The van der Waals surface area contributed by atoms with Gasteiger partial charge >= 0.3 is 5.97 Å². The number of hydrogen-bond acceptors (Lipinski definition) is 3. The van der Waals surface area contributed by atoms with E-state index in [2.05, 4.69) is 6.58 Å². The van der Waals surface area contributed by atoms with Crippen LogP contribution in [0.15, 0.2) is 36.9 Å². The number of likely N-dealkylation sites (tertiary alicyclic amines) is 1. The fourth-order valence-electron chi connectivity index (χ4n) is 3.39. The summed E-state index contributed by atoms with van der Waals surface area (Å²) in [4.78, 5) is 26.9. The van der Waals surface area contributed by atoms with E-state index in [-0.39, 0.29) is 17.7 Å². The summed E-state index contributed by atoms with van der Waals surface area (Å²) in [5.41, 5.74) is 0.102. The maximum Gasteiger partial charge on any atom is 0.314 e. The largest absolute Gasteiger partial charge is 0.466 e. The number of benzene rings is 1. The molecule has 25 heavy (non-hydrogen) atoms. The molecule has 0 aliphatic carbocycles. The number of rotatable bonds is 7. The number of carbonyl (C=O) groups is 2. The molecule has 0 aromatic heterocycles. The average Bonchev–Trinajstić information content (AvgIpc) is 2.62. The number of esters is 1. The molecule has 0 radical (unpaired) electrons. The van der Waals surface area contributed by atoms with Crippen molar-refractivity contribution in [1.29, 1.82) is 0 Å². The monoisotopic (exact) mass is 347 g/mol. The summed E-state index contributed by atoms with van der Waals surface area (Å²) in [5.74, 6) is -0.549. The Morgan fingerprint density at radius 2 is 2.08 bits per heavy atom. The normalized spacial score (nSPS) is 20.2. The van der Waals surface area contributed by atoms with Crippen LogP contribution < -0.4 is 0 Å². The summed E-state index contributed by atoms with van der Waals surface area (Å²) in [7, 11) is 0. The lowest BCUT2D eigenvalue weighted by molar-refractivity contribution is -0.160. The van der Waals surface area contributed by atoms with E-state index in [4.69, 9.17) is 4.74 Å². The molecule has 0 spiro atoms. The summed E-state index contributed by atoms with van der Waals surface area (Å²) in [6, 6.07) is 6.16. The summed E-state index contributed by atoms with van der Waals surface area (Å²) >= 11 is 0. The Balaban J connectivity index is 2.21. The average molecular weight is 347 g/mol. The third-order valence-corrected chi connectivity index (χ3v) is 4.66. The second-order valence-corrected chi connectivity index (χ2v) is 6.55. The van der Waals surface area contributed by atoms with Gasteiger partial charge in [-0.05, 0) is 50.3 Å². The molecule has 0 bridgehead atoms. The minimum atomic E-state index is -0.768. The molecule has 1 aliphatic rings. The van der Waals surface area contributed by atoms with Crippen LogP contribution in [0.4, 0.5) is 4.39 Å². The molecule has 4 nitrogen and oxygen atoms in total. The number of ether oxygens (including phenoxy) is 1. The third kappa shape index (κ3) is 4.91. The standard InChI is InChI=1S/C20H26FNO3/c1-3-5-7-18(23)22-13-6-12-20(15-22,19(24)25-4-2)14-16-8-10-17(21)11-9-16/h3,8-11H,1,4-7,12-15H2,2H3. The fourth-order valence-corrected chi connectivity index (χ4v) is 3.39. The predicted octanol–water partition coefficient (Wildman–Crippen LogP) is 3.51. The summed E-state index contributed by atoms with van der Waals surface area (Å²) in [6.07, 6.45) is 4.60. The maximum absolute atomic E-state index is 13.2. The Morgan fingerprint density at radius 3 is 2.72 bits per heavy atom. The zero-order valence-corrected chi connectivity index (χ0v) is 14.8. The Hall–Kier alpha value is -2.17. The van der Waals surface area contributed by atoms with Crippen molar-refractivity contribution in [2.24, 2.45) is 5.41 Å². The van der Waals surface area contributed by atoms with Gasteiger partial charge in [0.2, 0.25) is 5.91 Å². The van der Waals surface area contributed by atoms with Gasteiger partial charge in [-0.15, -0.1) is 6.58 Å². The molecule has 1 amide bonds. The number of nitrogens with zero attached hydrogens (tertiary/aromatic N) is 1. The molecule has 1 unspecified atom stereocenters. The number of hydrogen-bond donors (Lipinski definition) is 0. The number of amides is 1. The minimum Gasteiger partial charge on any atom is -0.466 e. The zero-order valence-electron chi connectivity index (χ0n) is 14.8. The van der Waals surface area contributed by atoms with Gasteiger partial charge in [0, 0.05) is 19.5 Å². The highest BCUT2D eigenvalue weighted by atomic mass is 19.1. The first kappa shape index (κ1) is 19.2. The van der Waals surface area contributed by atoms with E-state index in [0.717, 1.165) is 12.0 Å². The van der Waals surface area contributed by atoms with Crippen molar-refractivity contribution in [1.82, 2.24) is 4.90 Å². The van der Waals surface area contributed by atoms with Crippen molar-refractivity contribution in [2.45, 2.75) is 39.0 Å². The van der Waals surface area contributed by atoms with Crippen LogP contribution in [-0.2, 0) is 20.7 Å². The van der Waals surface area contributed by atoms with Crippen molar-refractivity contribution in [3.63, 3.8) is 0 Å². The van der Waals surface area contributed by atoms with Crippen LogP contribution in [0, 0.1) is 11.2 Å². The highest BCUT2D eigenvalue weighted by Gasteiger charge is 2.44. The van der Waals surface area contributed by atoms with Crippen molar-refractivity contribution in [3.8, 4) is 0 Å². The van der Waals surface area contributed by atoms with Crippen molar-refractivity contribution in [3.05, 3.63) is 48.3 Å².